The first-order chi connectivity index (χ1) is 8.22. The van der Waals surface area contributed by atoms with E-state index in [-0.39, 0.29) is 6.42 Å². The van der Waals surface area contributed by atoms with E-state index in [1.54, 1.807) is 6.20 Å². The van der Waals surface area contributed by atoms with Gasteiger partial charge in [0.15, 0.2) is 5.75 Å². The van der Waals surface area contributed by atoms with E-state index in [1.165, 1.54) is 0 Å². The largest absolute Gasteiger partial charge is 0.490 e. The zero-order chi connectivity index (χ0) is 12.5. The summed E-state index contributed by atoms with van der Waals surface area (Å²) in [6, 6.07) is 0. The number of aliphatic carboxylic acids is 1. The van der Waals surface area contributed by atoms with Crippen LogP contribution < -0.4 is 4.74 Å². The van der Waals surface area contributed by atoms with E-state index in [1.807, 2.05) is 10.9 Å². The highest BCUT2D eigenvalue weighted by Crippen LogP contribution is 2.10. The molecule has 0 aliphatic carbocycles. The molecule has 0 bridgehead atoms. The molecule has 0 radical (unpaired) electrons. The zero-order valence-electron chi connectivity index (χ0n) is 10.3. The lowest BCUT2D eigenvalue weighted by molar-refractivity contribution is -0.137. The predicted molar refractivity (Wildman–Crippen MR) is 64.1 cm³/mol. The molecule has 0 saturated carbocycles. The van der Waals surface area contributed by atoms with Gasteiger partial charge in [0.1, 0.15) is 0 Å². The van der Waals surface area contributed by atoms with Crippen LogP contribution >= 0.6 is 0 Å². The summed E-state index contributed by atoms with van der Waals surface area (Å²) in [5, 5.41) is 12.6. The van der Waals surface area contributed by atoms with Gasteiger partial charge in [-0.3, -0.25) is 9.48 Å². The first kappa shape index (κ1) is 13.5. The number of carboxylic acids is 1. The van der Waals surface area contributed by atoms with Gasteiger partial charge in [-0.25, -0.2) is 0 Å². The lowest BCUT2D eigenvalue weighted by Crippen LogP contribution is -1.99. The van der Waals surface area contributed by atoms with Crippen LogP contribution in [0.2, 0.25) is 0 Å². The maximum Gasteiger partial charge on any atom is 0.303 e. The van der Waals surface area contributed by atoms with Crippen molar-refractivity contribution < 1.29 is 14.6 Å². The number of carbonyl (C=O) groups is 1. The van der Waals surface area contributed by atoms with Crippen LogP contribution in [0.25, 0.3) is 0 Å². The lowest BCUT2D eigenvalue weighted by Gasteiger charge is -2.02. The second kappa shape index (κ2) is 7.70. The average Bonchev–Trinajstić information content (AvgIpc) is 2.71. The second-order valence-electron chi connectivity index (χ2n) is 3.99. The molecule has 0 aliphatic rings. The van der Waals surface area contributed by atoms with Crippen molar-refractivity contribution in [1.82, 2.24) is 9.78 Å². The molecule has 0 atom stereocenters. The van der Waals surface area contributed by atoms with Gasteiger partial charge in [0.05, 0.1) is 19.0 Å². The number of nitrogens with zero attached hydrogens (tertiary/aromatic N) is 2. The Morgan fingerprint density at radius 3 is 3.00 bits per heavy atom. The molecule has 96 valence electrons. The fourth-order valence-corrected chi connectivity index (χ4v) is 1.52. The summed E-state index contributed by atoms with van der Waals surface area (Å²) in [7, 11) is 0. The SMILES string of the molecule is CCCn1cc(OCCCCCC(=O)O)cn1. The van der Waals surface area contributed by atoms with Gasteiger partial charge in [-0.2, -0.15) is 5.10 Å². The van der Waals surface area contributed by atoms with Crippen LogP contribution in [0.5, 0.6) is 5.75 Å². The van der Waals surface area contributed by atoms with E-state index < -0.39 is 5.97 Å². The number of ether oxygens (including phenoxy) is 1. The maximum atomic E-state index is 10.3. The molecule has 0 amide bonds. The Hall–Kier alpha value is -1.52. The van der Waals surface area contributed by atoms with Gasteiger partial charge in [0.25, 0.3) is 0 Å². The van der Waals surface area contributed by atoms with Crippen LogP contribution in [0, 0.1) is 0 Å². The maximum absolute atomic E-state index is 10.3. The summed E-state index contributed by atoms with van der Waals surface area (Å²) < 4.78 is 7.37. The molecule has 17 heavy (non-hydrogen) atoms. The predicted octanol–water partition coefficient (Wildman–Crippen LogP) is 2.32. The second-order valence-corrected chi connectivity index (χ2v) is 3.99. The molecular weight excluding hydrogens is 220 g/mol. The number of unbranched alkanes of at least 4 members (excludes halogenated alkanes) is 2. The van der Waals surface area contributed by atoms with Crippen molar-refractivity contribution in [3.8, 4) is 5.75 Å². The highest BCUT2D eigenvalue weighted by Gasteiger charge is 1.99. The number of aryl methyl sites for hydroxylation is 1. The van der Waals surface area contributed by atoms with E-state index in [4.69, 9.17) is 9.84 Å². The summed E-state index contributed by atoms with van der Waals surface area (Å²) in [5.41, 5.74) is 0. The van der Waals surface area contributed by atoms with Crippen molar-refractivity contribution in [3.63, 3.8) is 0 Å². The van der Waals surface area contributed by atoms with Crippen LogP contribution in [0.4, 0.5) is 0 Å². The van der Waals surface area contributed by atoms with Crippen molar-refractivity contribution in [3.05, 3.63) is 12.4 Å². The minimum Gasteiger partial charge on any atom is -0.490 e. The minimum absolute atomic E-state index is 0.244. The monoisotopic (exact) mass is 240 g/mol. The fourth-order valence-electron chi connectivity index (χ4n) is 1.52. The van der Waals surface area contributed by atoms with Crippen LogP contribution in [0.1, 0.15) is 39.0 Å². The number of carboxylic acid groups (broad SMARTS) is 1. The normalized spacial score (nSPS) is 10.4. The van der Waals surface area contributed by atoms with Gasteiger partial charge in [0, 0.05) is 13.0 Å². The topological polar surface area (TPSA) is 64.3 Å². The van der Waals surface area contributed by atoms with Crippen molar-refractivity contribution in [2.45, 2.75) is 45.6 Å². The molecule has 5 nitrogen and oxygen atoms in total. The smallest absolute Gasteiger partial charge is 0.303 e. The van der Waals surface area contributed by atoms with E-state index in [9.17, 15) is 4.79 Å². The molecule has 1 heterocycles. The Balaban J connectivity index is 2.07. The fraction of sp³-hybridized carbons (Fsp3) is 0.667. The quantitative estimate of drug-likeness (QED) is 0.673. The van der Waals surface area contributed by atoms with E-state index in [2.05, 4.69) is 12.0 Å². The zero-order valence-corrected chi connectivity index (χ0v) is 10.3. The highest BCUT2D eigenvalue weighted by molar-refractivity contribution is 5.66. The third-order valence-corrected chi connectivity index (χ3v) is 2.37. The molecule has 1 aromatic rings. The minimum atomic E-state index is -0.730. The molecule has 1 N–H and O–H groups in total. The summed E-state index contributed by atoms with van der Waals surface area (Å²) in [5.74, 6) is 0.0587. The number of hydrogen-bond acceptors (Lipinski definition) is 3. The number of aromatic nitrogens is 2. The Morgan fingerprint density at radius 1 is 1.47 bits per heavy atom. The summed E-state index contributed by atoms with van der Waals surface area (Å²) in [6.07, 6.45) is 7.38. The third-order valence-electron chi connectivity index (χ3n) is 2.37. The molecule has 1 rings (SSSR count). The van der Waals surface area contributed by atoms with Crippen molar-refractivity contribution in [2.24, 2.45) is 0 Å². The summed E-state index contributed by atoms with van der Waals surface area (Å²) in [4.78, 5) is 10.3. The number of hydrogen-bond donors (Lipinski definition) is 1. The molecular formula is C12H20N2O3. The lowest BCUT2D eigenvalue weighted by atomic mass is 10.2. The average molecular weight is 240 g/mol. The van der Waals surface area contributed by atoms with Gasteiger partial charge < -0.3 is 9.84 Å². The summed E-state index contributed by atoms with van der Waals surface area (Å²) in [6.45, 7) is 3.63. The summed E-state index contributed by atoms with van der Waals surface area (Å²) >= 11 is 0. The van der Waals surface area contributed by atoms with Crippen LogP contribution in [-0.2, 0) is 11.3 Å². The first-order valence-corrected chi connectivity index (χ1v) is 6.09. The van der Waals surface area contributed by atoms with Crippen molar-refractivity contribution in [2.75, 3.05) is 6.61 Å². The van der Waals surface area contributed by atoms with E-state index in [0.29, 0.717) is 13.0 Å². The van der Waals surface area contributed by atoms with Gasteiger partial charge in [-0.05, 0) is 25.7 Å². The van der Waals surface area contributed by atoms with Crippen LogP contribution in [-0.4, -0.2) is 27.5 Å². The Morgan fingerprint density at radius 2 is 2.29 bits per heavy atom. The number of rotatable bonds is 9. The van der Waals surface area contributed by atoms with Crippen LogP contribution in [0.15, 0.2) is 12.4 Å². The molecule has 0 unspecified atom stereocenters. The Bertz CT molecular complexity index is 336. The van der Waals surface area contributed by atoms with E-state index in [0.717, 1.165) is 31.6 Å². The molecule has 0 spiro atoms. The van der Waals surface area contributed by atoms with Crippen molar-refractivity contribution >= 4 is 5.97 Å². The van der Waals surface area contributed by atoms with Gasteiger partial charge in [0.2, 0.25) is 0 Å². The molecule has 1 aromatic heterocycles. The standard InChI is InChI=1S/C12H20N2O3/c1-2-7-14-10-11(9-13-14)17-8-5-3-4-6-12(15)16/h9-10H,2-8H2,1H3,(H,15,16). The molecule has 0 fully saturated rings. The molecule has 5 heteroatoms. The van der Waals surface area contributed by atoms with Gasteiger partial charge in [-0.15, -0.1) is 0 Å². The van der Waals surface area contributed by atoms with Crippen LogP contribution in [0.3, 0.4) is 0 Å². The molecule has 0 aromatic carbocycles. The molecule has 0 saturated heterocycles. The molecule has 0 aliphatic heterocycles. The Kier molecular flexibility index (Phi) is 6.14. The highest BCUT2D eigenvalue weighted by atomic mass is 16.5. The van der Waals surface area contributed by atoms with Gasteiger partial charge in [-0.1, -0.05) is 6.92 Å². The first-order valence-electron chi connectivity index (χ1n) is 6.09. The Labute approximate surface area is 101 Å². The van der Waals surface area contributed by atoms with Crippen molar-refractivity contribution in [1.29, 1.82) is 0 Å². The third kappa shape index (κ3) is 5.94. The van der Waals surface area contributed by atoms with Gasteiger partial charge >= 0.3 is 5.97 Å². The van der Waals surface area contributed by atoms with E-state index >= 15 is 0 Å².